The highest BCUT2D eigenvalue weighted by Crippen LogP contribution is 2.29. The van der Waals surface area contributed by atoms with Crippen LogP contribution in [-0.4, -0.2) is 11.7 Å². The Hall–Kier alpha value is -2.28. The first-order valence-corrected chi connectivity index (χ1v) is 7.73. The van der Waals surface area contributed by atoms with E-state index >= 15 is 0 Å². The molecule has 7 heteroatoms. The minimum absolute atomic E-state index is 0.330. The van der Waals surface area contributed by atoms with Crippen molar-refractivity contribution in [3.63, 3.8) is 0 Å². The maximum absolute atomic E-state index is 12.5. The highest BCUT2D eigenvalue weighted by atomic mass is 32.1. The molecule has 0 bridgehead atoms. The van der Waals surface area contributed by atoms with E-state index in [0.29, 0.717) is 24.0 Å². The standard InChI is InChI=1S/C17H17F3N2OS/c1-2-23-15-5-3-4-12(10-15)11-21-16(24)22-14-8-6-13(7-9-14)17(18,19)20/h3-10H,2,11H2,1H3,(H2,21,22,24). The third-order valence-electron chi connectivity index (χ3n) is 3.13. The Kier molecular flexibility index (Phi) is 6.03. The summed E-state index contributed by atoms with van der Waals surface area (Å²) in [6, 6.07) is 12.3. The number of nitrogens with one attached hydrogen (secondary N) is 2. The Morgan fingerprint density at radius 2 is 1.83 bits per heavy atom. The zero-order chi connectivity index (χ0) is 17.6. The summed E-state index contributed by atoms with van der Waals surface area (Å²) in [5.41, 5.74) is 0.778. The summed E-state index contributed by atoms with van der Waals surface area (Å²) >= 11 is 5.15. The molecule has 128 valence electrons. The van der Waals surface area contributed by atoms with Gasteiger partial charge in [-0.2, -0.15) is 13.2 Å². The molecule has 2 rings (SSSR count). The lowest BCUT2D eigenvalue weighted by atomic mass is 10.2. The second-order valence-corrected chi connectivity index (χ2v) is 5.37. The molecule has 0 aliphatic rings. The first kappa shape index (κ1) is 18.1. The predicted molar refractivity (Wildman–Crippen MR) is 92.1 cm³/mol. The van der Waals surface area contributed by atoms with Crippen LogP contribution in [0.25, 0.3) is 0 Å². The van der Waals surface area contributed by atoms with E-state index in [1.165, 1.54) is 12.1 Å². The molecular formula is C17H17F3N2OS. The SMILES string of the molecule is CCOc1cccc(CNC(=S)Nc2ccc(C(F)(F)F)cc2)c1. The van der Waals surface area contributed by atoms with Gasteiger partial charge in [0.1, 0.15) is 5.75 Å². The Labute approximate surface area is 143 Å². The summed E-state index contributed by atoms with van der Waals surface area (Å²) < 4.78 is 42.9. The van der Waals surface area contributed by atoms with Gasteiger partial charge in [0.15, 0.2) is 5.11 Å². The molecule has 0 amide bonds. The largest absolute Gasteiger partial charge is 0.494 e. The fourth-order valence-electron chi connectivity index (χ4n) is 2.01. The van der Waals surface area contributed by atoms with E-state index in [4.69, 9.17) is 17.0 Å². The molecule has 0 heterocycles. The van der Waals surface area contributed by atoms with E-state index in [9.17, 15) is 13.2 Å². The maximum Gasteiger partial charge on any atom is 0.416 e. The number of ether oxygens (including phenoxy) is 1. The van der Waals surface area contributed by atoms with Crippen LogP contribution in [0.5, 0.6) is 5.75 Å². The lowest BCUT2D eigenvalue weighted by Gasteiger charge is -2.12. The number of rotatable bonds is 5. The first-order chi connectivity index (χ1) is 11.4. The van der Waals surface area contributed by atoms with E-state index in [2.05, 4.69) is 10.6 Å². The van der Waals surface area contributed by atoms with Gasteiger partial charge in [-0.05, 0) is 61.1 Å². The average molecular weight is 354 g/mol. The predicted octanol–water partition coefficient (Wildman–Crippen LogP) is 4.59. The van der Waals surface area contributed by atoms with Crippen molar-refractivity contribution in [1.82, 2.24) is 5.32 Å². The molecule has 0 aliphatic carbocycles. The van der Waals surface area contributed by atoms with Crippen molar-refractivity contribution in [3.8, 4) is 5.75 Å². The minimum atomic E-state index is -4.34. The normalized spacial score (nSPS) is 11.0. The summed E-state index contributed by atoms with van der Waals surface area (Å²) in [5, 5.41) is 6.19. The lowest BCUT2D eigenvalue weighted by Crippen LogP contribution is -2.27. The number of alkyl halides is 3. The Bertz CT molecular complexity index is 687. The maximum atomic E-state index is 12.5. The zero-order valence-corrected chi connectivity index (χ0v) is 13.8. The van der Waals surface area contributed by atoms with Gasteiger partial charge in [-0.25, -0.2) is 0 Å². The highest BCUT2D eigenvalue weighted by Gasteiger charge is 2.29. The summed E-state index contributed by atoms with van der Waals surface area (Å²) in [7, 11) is 0. The topological polar surface area (TPSA) is 33.3 Å². The van der Waals surface area contributed by atoms with Crippen molar-refractivity contribution >= 4 is 23.0 Å². The third kappa shape index (κ3) is 5.42. The molecule has 0 aromatic heterocycles. The summed E-state index contributed by atoms with van der Waals surface area (Å²) in [4.78, 5) is 0. The van der Waals surface area contributed by atoms with Gasteiger partial charge >= 0.3 is 6.18 Å². The van der Waals surface area contributed by atoms with Gasteiger partial charge in [0.2, 0.25) is 0 Å². The van der Waals surface area contributed by atoms with Crippen LogP contribution in [0.2, 0.25) is 0 Å². The van der Waals surface area contributed by atoms with Crippen molar-refractivity contribution < 1.29 is 17.9 Å². The molecule has 2 aromatic carbocycles. The molecule has 0 radical (unpaired) electrons. The quantitative estimate of drug-likeness (QED) is 0.770. The molecule has 0 aliphatic heterocycles. The van der Waals surface area contributed by atoms with Gasteiger partial charge < -0.3 is 15.4 Å². The second kappa shape index (κ2) is 8.01. The highest BCUT2D eigenvalue weighted by molar-refractivity contribution is 7.80. The van der Waals surface area contributed by atoms with E-state index in [0.717, 1.165) is 23.4 Å². The average Bonchev–Trinajstić information content (AvgIpc) is 2.53. The Balaban J connectivity index is 1.88. The van der Waals surface area contributed by atoms with Crippen molar-refractivity contribution in [2.24, 2.45) is 0 Å². The van der Waals surface area contributed by atoms with Crippen LogP contribution >= 0.6 is 12.2 Å². The molecule has 0 atom stereocenters. The zero-order valence-electron chi connectivity index (χ0n) is 13.0. The fraction of sp³-hybridized carbons (Fsp3) is 0.235. The van der Waals surface area contributed by atoms with Crippen LogP contribution in [-0.2, 0) is 12.7 Å². The van der Waals surface area contributed by atoms with Crippen molar-refractivity contribution in [2.75, 3.05) is 11.9 Å². The number of anilines is 1. The molecule has 3 nitrogen and oxygen atoms in total. The summed E-state index contributed by atoms with van der Waals surface area (Å²) in [5.74, 6) is 0.776. The summed E-state index contributed by atoms with van der Waals surface area (Å²) in [6.45, 7) is 2.98. The van der Waals surface area contributed by atoms with Crippen molar-refractivity contribution in [1.29, 1.82) is 0 Å². The van der Waals surface area contributed by atoms with Gasteiger partial charge in [0, 0.05) is 12.2 Å². The smallest absolute Gasteiger partial charge is 0.416 e. The molecule has 0 spiro atoms. The van der Waals surface area contributed by atoms with Crippen LogP contribution in [0, 0.1) is 0 Å². The lowest BCUT2D eigenvalue weighted by molar-refractivity contribution is -0.137. The van der Waals surface area contributed by atoms with Crippen LogP contribution in [0.4, 0.5) is 18.9 Å². The van der Waals surface area contributed by atoms with Crippen LogP contribution < -0.4 is 15.4 Å². The number of halogens is 3. The van der Waals surface area contributed by atoms with Gasteiger partial charge in [0.25, 0.3) is 0 Å². The summed E-state index contributed by atoms with van der Waals surface area (Å²) in [6.07, 6.45) is -4.34. The van der Waals surface area contributed by atoms with Crippen LogP contribution in [0.1, 0.15) is 18.1 Å². The Morgan fingerprint density at radius 1 is 1.12 bits per heavy atom. The van der Waals surface area contributed by atoms with Crippen molar-refractivity contribution in [2.45, 2.75) is 19.6 Å². The molecule has 0 fully saturated rings. The van der Waals surface area contributed by atoms with Gasteiger partial charge in [-0.15, -0.1) is 0 Å². The van der Waals surface area contributed by atoms with E-state index in [1.807, 2.05) is 31.2 Å². The van der Waals surface area contributed by atoms with E-state index < -0.39 is 11.7 Å². The number of thiocarbonyl (C=S) groups is 1. The number of hydrogen-bond donors (Lipinski definition) is 2. The number of benzene rings is 2. The van der Waals surface area contributed by atoms with E-state index in [-0.39, 0.29) is 0 Å². The van der Waals surface area contributed by atoms with Crippen LogP contribution in [0.15, 0.2) is 48.5 Å². The minimum Gasteiger partial charge on any atom is -0.494 e. The van der Waals surface area contributed by atoms with E-state index in [1.54, 1.807) is 0 Å². The fourth-order valence-corrected chi connectivity index (χ4v) is 2.20. The van der Waals surface area contributed by atoms with Gasteiger partial charge in [-0.3, -0.25) is 0 Å². The molecule has 24 heavy (non-hydrogen) atoms. The Morgan fingerprint density at radius 3 is 2.46 bits per heavy atom. The van der Waals surface area contributed by atoms with Crippen molar-refractivity contribution in [3.05, 3.63) is 59.7 Å². The second-order valence-electron chi connectivity index (χ2n) is 4.96. The molecule has 2 aromatic rings. The van der Waals surface area contributed by atoms with Gasteiger partial charge in [-0.1, -0.05) is 12.1 Å². The first-order valence-electron chi connectivity index (χ1n) is 7.32. The van der Waals surface area contributed by atoms with Gasteiger partial charge in [0.05, 0.1) is 12.2 Å². The molecule has 2 N–H and O–H groups in total. The molecule has 0 saturated carbocycles. The third-order valence-corrected chi connectivity index (χ3v) is 3.38. The number of hydrogen-bond acceptors (Lipinski definition) is 2. The monoisotopic (exact) mass is 354 g/mol. The molecule has 0 unspecified atom stereocenters. The van der Waals surface area contributed by atoms with Crippen LogP contribution in [0.3, 0.4) is 0 Å². The molecular weight excluding hydrogens is 337 g/mol. The molecule has 0 saturated heterocycles.